The van der Waals surface area contributed by atoms with E-state index in [-0.39, 0.29) is 0 Å². The largest absolute Gasteiger partial charge is 0.143 e. The molecule has 0 bridgehead atoms. The van der Waals surface area contributed by atoms with Crippen molar-refractivity contribution >= 4 is 43.2 Å². The molecule has 1 unspecified atom stereocenters. The van der Waals surface area contributed by atoms with Crippen LogP contribution in [0.1, 0.15) is 31.3 Å². The van der Waals surface area contributed by atoms with Gasteiger partial charge in [-0.1, -0.05) is 39.7 Å². The van der Waals surface area contributed by atoms with E-state index in [4.69, 9.17) is 0 Å². The van der Waals surface area contributed by atoms with Gasteiger partial charge in [0.1, 0.15) is 0 Å². The second-order valence-electron chi connectivity index (χ2n) is 4.67. The Morgan fingerprint density at radius 2 is 1.89 bits per heavy atom. The van der Waals surface area contributed by atoms with Crippen LogP contribution in [0.5, 0.6) is 0 Å². The maximum absolute atomic E-state index is 3.83. The first-order chi connectivity index (χ1) is 8.47. The lowest BCUT2D eigenvalue weighted by Gasteiger charge is -2.12. The first kappa shape index (κ1) is 14.3. The number of alkyl halides is 1. The minimum absolute atomic E-state index is 0.381. The van der Waals surface area contributed by atoms with Crippen molar-refractivity contribution in [1.29, 1.82) is 0 Å². The van der Waals surface area contributed by atoms with Crippen LogP contribution in [0.3, 0.4) is 0 Å². The number of thiophene rings is 1. The fraction of sp³-hybridized carbons (Fsp3) is 0.333. The molecular weight excluding hydrogens is 372 g/mol. The minimum Gasteiger partial charge on any atom is -0.143 e. The molecule has 0 aliphatic heterocycles. The molecule has 1 aromatic heterocycles. The van der Waals surface area contributed by atoms with Crippen molar-refractivity contribution in [3.63, 3.8) is 0 Å². The Hall–Kier alpha value is -0.120. The van der Waals surface area contributed by atoms with E-state index >= 15 is 0 Å². The third-order valence-electron chi connectivity index (χ3n) is 3.02. The monoisotopic (exact) mass is 386 g/mol. The van der Waals surface area contributed by atoms with Gasteiger partial charge in [-0.3, -0.25) is 0 Å². The van der Waals surface area contributed by atoms with E-state index in [2.05, 4.69) is 76.9 Å². The van der Waals surface area contributed by atoms with Gasteiger partial charge >= 0.3 is 0 Å². The number of halogens is 2. The molecule has 0 amide bonds. The molecule has 2 aromatic rings. The van der Waals surface area contributed by atoms with E-state index in [1.54, 1.807) is 0 Å². The molecular formula is C15H16Br2S. The van der Waals surface area contributed by atoms with Crippen molar-refractivity contribution in [2.75, 3.05) is 0 Å². The molecule has 1 heterocycles. The van der Waals surface area contributed by atoms with Crippen LogP contribution < -0.4 is 0 Å². The van der Waals surface area contributed by atoms with Crippen LogP contribution in [0.25, 0.3) is 0 Å². The van der Waals surface area contributed by atoms with Gasteiger partial charge in [0.25, 0.3) is 0 Å². The quantitative estimate of drug-likeness (QED) is 0.557. The molecule has 1 aromatic carbocycles. The molecule has 0 saturated carbocycles. The second-order valence-corrected chi connectivity index (χ2v) is 7.92. The average Bonchev–Trinajstić information content (AvgIpc) is 2.63. The van der Waals surface area contributed by atoms with Gasteiger partial charge in [0.05, 0.1) is 4.83 Å². The van der Waals surface area contributed by atoms with Crippen LogP contribution in [-0.4, -0.2) is 0 Å². The predicted molar refractivity (Wildman–Crippen MR) is 88.0 cm³/mol. The smallest absolute Gasteiger partial charge is 0.0540 e. The van der Waals surface area contributed by atoms with E-state index in [1.165, 1.54) is 30.9 Å². The van der Waals surface area contributed by atoms with Gasteiger partial charge in [-0.2, -0.15) is 0 Å². The Balaban J connectivity index is 2.23. The van der Waals surface area contributed by atoms with Crippen molar-refractivity contribution in [3.05, 3.63) is 55.2 Å². The highest BCUT2D eigenvalue weighted by atomic mass is 79.9. The average molecular weight is 388 g/mol. The zero-order valence-corrected chi connectivity index (χ0v) is 14.7. The third-order valence-corrected chi connectivity index (χ3v) is 6.19. The number of hydrogen-bond donors (Lipinski definition) is 0. The van der Waals surface area contributed by atoms with Gasteiger partial charge in [-0.15, -0.1) is 11.3 Å². The van der Waals surface area contributed by atoms with Gasteiger partial charge in [-0.05, 0) is 60.3 Å². The fourth-order valence-corrected chi connectivity index (χ4v) is 5.11. The normalized spacial score (nSPS) is 12.7. The van der Waals surface area contributed by atoms with E-state index < -0.39 is 0 Å². The maximum Gasteiger partial charge on any atom is 0.0540 e. The molecule has 0 aliphatic carbocycles. The molecule has 96 valence electrons. The molecule has 3 heteroatoms. The van der Waals surface area contributed by atoms with Crippen molar-refractivity contribution < 1.29 is 0 Å². The molecule has 1 atom stereocenters. The first-order valence-corrected chi connectivity index (χ1v) is 8.46. The molecule has 0 fully saturated rings. The Morgan fingerprint density at radius 3 is 2.50 bits per heavy atom. The molecule has 18 heavy (non-hydrogen) atoms. The first-order valence-electron chi connectivity index (χ1n) is 5.93. The van der Waals surface area contributed by atoms with Crippen molar-refractivity contribution in [2.24, 2.45) is 0 Å². The summed E-state index contributed by atoms with van der Waals surface area (Å²) in [7, 11) is 0. The third kappa shape index (κ3) is 3.25. The van der Waals surface area contributed by atoms with Gasteiger partial charge in [-0.25, -0.2) is 0 Å². The lowest BCUT2D eigenvalue weighted by Crippen LogP contribution is -1.97. The lowest BCUT2D eigenvalue weighted by molar-refractivity contribution is 0.951. The maximum atomic E-state index is 3.83. The topological polar surface area (TPSA) is 0 Å². The minimum atomic E-state index is 0.381. The molecule has 0 spiro atoms. The number of benzene rings is 1. The zero-order valence-electron chi connectivity index (χ0n) is 10.8. The van der Waals surface area contributed by atoms with Gasteiger partial charge in [0.2, 0.25) is 0 Å². The zero-order chi connectivity index (χ0) is 13.3. The van der Waals surface area contributed by atoms with E-state index in [1.807, 2.05) is 11.3 Å². The van der Waals surface area contributed by atoms with E-state index in [0.717, 1.165) is 6.42 Å². The van der Waals surface area contributed by atoms with Crippen molar-refractivity contribution in [2.45, 2.75) is 32.0 Å². The Morgan fingerprint density at radius 1 is 1.17 bits per heavy atom. The molecule has 0 aliphatic rings. The highest BCUT2D eigenvalue weighted by Gasteiger charge is 2.15. The Bertz CT molecular complexity index is 558. The molecule has 0 radical (unpaired) electrons. The van der Waals surface area contributed by atoms with Crippen LogP contribution in [0.15, 0.2) is 28.7 Å². The second kappa shape index (κ2) is 5.89. The summed E-state index contributed by atoms with van der Waals surface area (Å²) in [6.07, 6.45) is 1.03. The van der Waals surface area contributed by atoms with Crippen LogP contribution in [0.2, 0.25) is 0 Å². The summed E-state index contributed by atoms with van der Waals surface area (Å²) in [5, 5.41) is 0. The van der Waals surface area contributed by atoms with Crippen LogP contribution in [-0.2, 0) is 6.42 Å². The number of hydrogen-bond acceptors (Lipinski definition) is 1. The van der Waals surface area contributed by atoms with Crippen molar-refractivity contribution in [3.8, 4) is 0 Å². The van der Waals surface area contributed by atoms with Crippen molar-refractivity contribution in [1.82, 2.24) is 0 Å². The Labute approximate surface area is 130 Å². The lowest BCUT2D eigenvalue weighted by atomic mass is 10.0. The summed E-state index contributed by atoms with van der Waals surface area (Å²) in [4.78, 5) is 3.11. The van der Waals surface area contributed by atoms with Crippen LogP contribution in [0.4, 0.5) is 0 Å². The van der Waals surface area contributed by atoms with Gasteiger partial charge in [0.15, 0.2) is 0 Å². The number of aryl methyl sites for hydroxylation is 3. The van der Waals surface area contributed by atoms with E-state index in [9.17, 15) is 0 Å². The highest BCUT2D eigenvalue weighted by Crippen LogP contribution is 2.38. The fourth-order valence-electron chi connectivity index (χ4n) is 2.02. The summed E-state index contributed by atoms with van der Waals surface area (Å²) in [6.45, 7) is 6.48. The van der Waals surface area contributed by atoms with Crippen LogP contribution >= 0.6 is 43.2 Å². The standard InChI is InChI=1S/C15H16Br2S/c1-9-4-5-10(2)12(6-9)8-14(17)15-13(16)7-11(3)18-15/h4-7,14H,8H2,1-3H3. The Kier molecular flexibility index (Phi) is 4.68. The van der Waals surface area contributed by atoms with Gasteiger partial charge in [0, 0.05) is 14.2 Å². The molecule has 2 rings (SSSR count). The molecule has 0 N–H and O–H groups in total. The summed E-state index contributed by atoms with van der Waals surface area (Å²) in [5.41, 5.74) is 4.13. The molecule has 0 nitrogen and oxygen atoms in total. The summed E-state index contributed by atoms with van der Waals surface area (Å²) in [5.74, 6) is 0. The SMILES string of the molecule is Cc1ccc(C)c(CC(Br)c2sc(C)cc2Br)c1. The summed E-state index contributed by atoms with van der Waals surface area (Å²) < 4.78 is 1.22. The van der Waals surface area contributed by atoms with Gasteiger partial charge < -0.3 is 0 Å². The summed E-state index contributed by atoms with van der Waals surface area (Å²) >= 11 is 9.33. The summed E-state index contributed by atoms with van der Waals surface area (Å²) in [6, 6.07) is 8.86. The molecule has 0 saturated heterocycles. The predicted octanol–water partition coefficient (Wildman–Crippen LogP) is 6.11. The van der Waals surface area contributed by atoms with E-state index in [0.29, 0.717) is 4.83 Å². The highest BCUT2D eigenvalue weighted by molar-refractivity contribution is 9.11. The van der Waals surface area contributed by atoms with Crippen LogP contribution in [0, 0.1) is 20.8 Å². The number of rotatable bonds is 3.